The zero-order valence-electron chi connectivity index (χ0n) is 6.59. The lowest BCUT2D eigenvalue weighted by Crippen LogP contribution is -1.95. The zero-order chi connectivity index (χ0) is 8.36. The van der Waals surface area contributed by atoms with Gasteiger partial charge in [0.2, 0.25) is 0 Å². The molecule has 0 aliphatic carbocycles. The fourth-order valence-electron chi connectivity index (χ4n) is 0.133. The van der Waals surface area contributed by atoms with Gasteiger partial charge in [-0.2, -0.15) is 0 Å². The first-order chi connectivity index (χ1) is 4.36. The second-order valence-corrected chi connectivity index (χ2v) is 0.869. The molecule has 0 spiro atoms. The Hall–Kier alpha value is -0.570. The highest BCUT2D eigenvalue weighted by Crippen LogP contribution is 1.83. The van der Waals surface area contributed by atoms with E-state index in [0.29, 0.717) is 0 Å². The molecule has 0 bridgehead atoms. The molecule has 0 rings (SSSR count). The zero-order valence-corrected chi connectivity index (χ0v) is 3.59. The van der Waals surface area contributed by atoms with E-state index in [2.05, 4.69) is 0 Å². The third-order valence-corrected chi connectivity index (χ3v) is 0.345. The van der Waals surface area contributed by atoms with Crippen LogP contribution >= 0.6 is 0 Å². The van der Waals surface area contributed by atoms with Crippen molar-refractivity contribution in [2.45, 2.75) is 12.8 Å². The average molecular weight is 107 g/mol. The third-order valence-electron chi connectivity index (χ3n) is 0.345. The number of aliphatic carboxylic acids is 1. The molecule has 0 aromatic carbocycles. The second-order valence-electron chi connectivity index (χ2n) is 0.869. The minimum Gasteiger partial charge on any atom is -0.481 e. The minimum absolute atomic E-state index is 0.706. The number of hydrogen-bond donors (Lipinski definition) is 2. The summed E-state index contributed by atoms with van der Waals surface area (Å²) in [6.45, 7) is -1.67. The Morgan fingerprint density at radius 1 is 1.86 bits per heavy atom. The lowest BCUT2D eigenvalue weighted by Gasteiger charge is -1.85. The first-order valence-corrected chi connectivity index (χ1v) is 1.70. The summed E-state index contributed by atoms with van der Waals surface area (Å²) >= 11 is 0. The fourth-order valence-corrected chi connectivity index (χ4v) is 0.133. The highest BCUT2D eigenvalue weighted by atomic mass is 16.4. The van der Waals surface area contributed by atoms with Crippen LogP contribution in [0.3, 0.4) is 0 Å². The molecular weight excluding hydrogens is 96.0 g/mol. The van der Waals surface area contributed by atoms with Gasteiger partial charge in [0, 0.05) is 15.7 Å². The Bertz CT molecular complexity index is 134. The smallest absolute Gasteiger partial charge is 0.303 e. The number of hydrogen-bond acceptors (Lipinski definition) is 2. The number of aliphatic hydroxyl groups is 1. The maximum Gasteiger partial charge on any atom is 0.303 e. The summed E-state index contributed by atoms with van der Waals surface area (Å²) in [4.78, 5) is 9.99. The Labute approximate surface area is 45.8 Å². The van der Waals surface area contributed by atoms with Crippen molar-refractivity contribution in [3.8, 4) is 0 Å². The minimum atomic E-state index is -2.50. The van der Waals surface area contributed by atoms with Crippen molar-refractivity contribution in [3.63, 3.8) is 0 Å². The van der Waals surface area contributed by atoms with Gasteiger partial charge < -0.3 is 10.2 Å². The number of carboxylic acids is 1. The number of rotatable bonds is 3. The predicted molar refractivity (Wildman–Crippen MR) is 24.0 cm³/mol. The van der Waals surface area contributed by atoms with Gasteiger partial charge in [0.25, 0.3) is 0 Å². The van der Waals surface area contributed by atoms with Gasteiger partial charge in [-0.15, -0.1) is 0 Å². The van der Waals surface area contributed by atoms with Gasteiger partial charge in [-0.05, 0) is 6.42 Å². The second kappa shape index (κ2) is 3.61. The molecule has 0 radical (unpaired) electrons. The van der Waals surface area contributed by atoms with E-state index in [9.17, 15) is 4.79 Å². The summed E-state index contributed by atoms with van der Waals surface area (Å²) in [6, 6.07) is 0. The molecule has 0 aromatic heterocycles. The van der Waals surface area contributed by atoms with Crippen LogP contribution < -0.4 is 0 Å². The topological polar surface area (TPSA) is 57.5 Å². The molecule has 1 atom stereocenters. The van der Waals surface area contributed by atoms with Crippen LogP contribution in [0.25, 0.3) is 0 Å². The van der Waals surface area contributed by atoms with E-state index in [4.69, 9.17) is 14.3 Å². The summed E-state index contributed by atoms with van der Waals surface area (Å²) < 4.78 is 19.9. The monoisotopic (exact) mass is 107 g/mol. The van der Waals surface area contributed by atoms with Crippen LogP contribution in [-0.4, -0.2) is 22.8 Å². The van der Waals surface area contributed by atoms with Gasteiger partial charge in [-0.25, -0.2) is 0 Å². The van der Waals surface area contributed by atoms with Crippen molar-refractivity contribution in [1.29, 1.82) is 0 Å². The SMILES string of the molecule is [2H]C(O)CC([2H])([2H])C(=O)O. The molecule has 0 saturated carbocycles. The van der Waals surface area contributed by atoms with E-state index in [1.807, 2.05) is 0 Å². The van der Waals surface area contributed by atoms with Crippen LogP contribution in [0.15, 0.2) is 0 Å². The molecule has 0 amide bonds. The molecule has 0 aliphatic heterocycles. The van der Waals surface area contributed by atoms with Gasteiger partial charge in [0.1, 0.15) is 0 Å². The molecule has 3 nitrogen and oxygen atoms in total. The molecule has 42 valence electrons. The number of carbonyl (C=O) groups is 1. The largest absolute Gasteiger partial charge is 0.481 e. The third kappa shape index (κ3) is 5.43. The van der Waals surface area contributed by atoms with Gasteiger partial charge in [0.05, 0.1) is 1.37 Å². The highest BCUT2D eigenvalue weighted by molar-refractivity contribution is 5.66. The van der Waals surface area contributed by atoms with Crippen LogP contribution in [0.1, 0.15) is 16.9 Å². The molecule has 0 aliphatic rings. The lowest BCUT2D eigenvalue weighted by molar-refractivity contribution is -0.137. The molecule has 0 saturated heterocycles. The van der Waals surface area contributed by atoms with Crippen molar-refractivity contribution in [3.05, 3.63) is 0 Å². The van der Waals surface area contributed by atoms with Crippen molar-refractivity contribution in [1.82, 2.24) is 0 Å². The Kier molecular flexibility index (Phi) is 1.38. The average Bonchev–Trinajstić information content (AvgIpc) is 1.60. The first-order valence-electron chi connectivity index (χ1n) is 3.28. The van der Waals surface area contributed by atoms with Crippen LogP contribution in [0.2, 0.25) is 0 Å². The maximum atomic E-state index is 9.99. The van der Waals surface area contributed by atoms with Crippen LogP contribution in [-0.2, 0) is 4.79 Å². The molecule has 7 heavy (non-hydrogen) atoms. The maximum absolute atomic E-state index is 9.99. The van der Waals surface area contributed by atoms with Crippen LogP contribution in [0.4, 0.5) is 0 Å². The van der Waals surface area contributed by atoms with E-state index in [1.165, 1.54) is 0 Å². The van der Waals surface area contributed by atoms with E-state index >= 15 is 0 Å². The standard InChI is InChI=1S/C4H8O3/c5-3-1-2-4(6)7/h5H,1-3H2,(H,6,7)/i2D2,3D. The Morgan fingerprint density at radius 2 is 2.43 bits per heavy atom. The van der Waals surface area contributed by atoms with Gasteiger partial charge in [-0.1, -0.05) is 0 Å². The summed E-state index contributed by atoms with van der Waals surface area (Å²) in [5.41, 5.74) is 0. The molecule has 1 unspecified atom stereocenters. The van der Waals surface area contributed by atoms with Crippen molar-refractivity contribution >= 4 is 5.97 Å². The van der Waals surface area contributed by atoms with Crippen LogP contribution in [0.5, 0.6) is 0 Å². The Balaban J connectivity index is 4.00. The number of carboxylic acid groups (broad SMARTS) is 1. The quantitative estimate of drug-likeness (QED) is 0.527. The molecule has 0 fully saturated rings. The first kappa shape index (κ1) is 2.67. The molecule has 0 aromatic rings. The molecular formula is C4H8O3. The summed E-state index contributed by atoms with van der Waals surface area (Å²) in [6.07, 6.45) is -3.20. The van der Waals surface area contributed by atoms with Crippen molar-refractivity contribution in [2.75, 3.05) is 6.58 Å². The predicted octanol–water partition coefficient (Wildman–Crippen LogP) is -0.157. The summed E-state index contributed by atoms with van der Waals surface area (Å²) in [5.74, 6) is -1.65. The fraction of sp³-hybridized carbons (Fsp3) is 0.750. The van der Waals surface area contributed by atoms with E-state index in [-0.39, 0.29) is 0 Å². The van der Waals surface area contributed by atoms with Crippen LogP contribution in [0, 0.1) is 0 Å². The van der Waals surface area contributed by atoms with Gasteiger partial charge in [0.15, 0.2) is 0 Å². The van der Waals surface area contributed by atoms with Crippen molar-refractivity contribution in [2.24, 2.45) is 0 Å². The summed E-state index contributed by atoms with van der Waals surface area (Å²) in [7, 11) is 0. The van der Waals surface area contributed by atoms with Gasteiger partial charge in [-0.3, -0.25) is 4.79 Å². The van der Waals surface area contributed by atoms with Crippen molar-refractivity contribution < 1.29 is 19.1 Å². The van der Waals surface area contributed by atoms with E-state index in [0.717, 1.165) is 0 Å². The van der Waals surface area contributed by atoms with E-state index in [1.54, 1.807) is 0 Å². The lowest BCUT2D eigenvalue weighted by atomic mass is 10.3. The molecule has 0 heterocycles. The van der Waals surface area contributed by atoms with Gasteiger partial charge >= 0.3 is 5.97 Å². The summed E-state index contributed by atoms with van der Waals surface area (Å²) in [5, 5.41) is 16.4. The normalized spacial score (nSPS) is 21.6. The van der Waals surface area contributed by atoms with E-state index < -0.39 is 25.3 Å². The highest BCUT2D eigenvalue weighted by Gasteiger charge is 1.91. The molecule has 3 heteroatoms. The molecule has 2 N–H and O–H groups in total. The Morgan fingerprint density at radius 3 is 2.57 bits per heavy atom. The number of aliphatic hydroxyl groups excluding tert-OH is 1.